The lowest BCUT2D eigenvalue weighted by molar-refractivity contribution is -0.123. The molecule has 1 heterocycles. The second-order valence-corrected chi connectivity index (χ2v) is 6.86. The molecule has 0 bridgehead atoms. The van der Waals surface area contributed by atoms with Gasteiger partial charge in [-0.25, -0.2) is 4.79 Å². The van der Waals surface area contributed by atoms with Gasteiger partial charge in [0.2, 0.25) is 0 Å². The number of carbonyl (C=O) groups excluding carboxylic acids is 3. The number of esters is 1. The topological polar surface area (TPSA) is 90.3 Å². The van der Waals surface area contributed by atoms with Crippen LogP contribution in [-0.4, -0.2) is 33.5 Å². The average molecular weight is 406 g/mol. The second-order valence-electron chi connectivity index (χ2n) is 6.50. The fourth-order valence-electron chi connectivity index (χ4n) is 2.57. The van der Waals surface area contributed by atoms with Crippen molar-refractivity contribution in [1.29, 1.82) is 0 Å². The van der Waals surface area contributed by atoms with Crippen LogP contribution in [0.1, 0.15) is 60.0 Å². The summed E-state index contributed by atoms with van der Waals surface area (Å²) in [5.41, 5.74) is 1.54. The number of anilines is 1. The summed E-state index contributed by atoms with van der Waals surface area (Å²) < 4.78 is 6.84. The molecule has 1 atom stereocenters. The molecular formula is C20H24ClN3O4. The van der Waals surface area contributed by atoms with Crippen LogP contribution < -0.4 is 5.32 Å². The molecule has 0 aliphatic heterocycles. The molecule has 2 aromatic rings. The van der Waals surface area contributed by atoms with Crippen LogP contribution in [0.25, 0.3) is 0 Å². The number of halogens is 1. The maximum Gasteiger partial charge on any atom is 0.343 e. The Kier molecular flexibility index (Phi) is 7.34. The van der Waals surface area contributed by atoms with Crippen molar-refractivity contribution in [2.24, 2.45) is 0 Å². The molecule has 7 nitrogen and oxygen atoms in total. The van der Waals surface area contributed by atoms with E-state index < -0.39 is 18.0 Å². The van der Waals surface area contributed by atoms with E-state index in [2.05, 4.69) is 10.4 Å². The predicted molar refractivity (Wildman–Crippen MR) is 107 cm³/mol. The number of aryl methyl sites for hydroxylation is 2. The smallest absolute Gasteiger partial charge is 0.343 e. The molecule has 1 amide bonds. The van der Waals surface area contributed by atoms with E-state index in [1.165, 1.54) is 13.8 Å². The first-order chi connectivity index (χ1) is 13.2. The second kappa shape index (κ2) is 9.50. The molecule has 0 unspecified atom stereocenters. The highest BCUT2D eigenvalue weighted by atomic mass is 35.5. The van der Waals surface area contributed by atoms with Crippen LogP contribution in [0, 0.1) is 6.92 Å². The number of hydrogen-bond acceptors (Lipinski definition) is 5. The van der Waals surface area contributed by atoms with Crippen molar-refractivity contribution in [3.8, 4) is 0 Å². The Hall–Kier alpha value is -2.67. The molecule has 1 aromatic heterocycles. The summed E-state index contributed by atoms with van der Waals surface area (Å²) in [7, 11) is 0. The summed E-state index contributed by atoms with van der Waals surface area (Å²) in [6, 6.07) is 6.53. The quantitative estimate of drug-likeness (QED) is 0.528. The highest BCUT2D eigenvalue weighted by molar-refractivity contribution is 6.32. The first-order valence-electron chi connectivity index (χ1n) is 9.10. The van der Waals surface area contributed by atoms with Crippen molar-refractivity contribution in [2.75, 3.05) is 5.32 Å². The van der Waals surface area contributed by atoms with Crippen LogP contribution >= 0.6 is 11.6 Å². The SMILES string of the molecule is CCCCn1nc(C)c(C(=O)O[C@H](C)C(=O)Nc2cccc(C(C)=O)c2)c1Cl. The van der Waals surface area contributed by atoms with E-state index in [9.17, 15) is 14.4 Å². The maximum absolute atomic E-state index is 12.5. The fourth-order valence-corrected chi connectivity index (χ4v) is 2.91. The van der Waals surface area contributed by atoms with Crippen LogP contribution in [0.3, 0.4) is 0 Å². The third-order valence-electron chi connectivity index (χ3n) is 4.18. The number of hydrogen-bond donors (Lipinski definition) is 1. The Bertz CT molecular complexity index is 892. The molecule has 8 heteroatoms. The van der Waals surface area contributed by atoms with Crippen LogP contribution in [0.4, 0.5) is 5.69 Å². The summed E-state index contributed by atoms with van der Waals surface area (Å²) in [5.74, 6) is -1.33. The summed E-state index contributed by atoms with van der Waals surface area (Å²) in [6.07, 6.45) is 0.799. The van der Waals surface area contributed by atoms with Crippen LogP contribution in [0.15, 0.2) is 24.3 Å². The van der Waals surface area contributed by atoms with Crippen LogP contribution in [0.2, 0.25) is 5.15 Å². The van der Waals surface area contributed by atoms with E-state index in [0.717, 1.165) is 12.8 Å². The maximum atomic E-state index is 12.5. The molecule has 2 rings (SSSR count). The fraction of sp³-hybridized carbons (Fsp3) is 0.400. The summed E-state index contributed by atoms with van der Waals surface area (Å²) in [6.45, 7) is 7.23. The summed E-state index contributed by atoms with van der Waals surface area (Å²) >= 11 is 6.27. The molecular weight excluding hydrogens is 382 g/mol. The number of nitrogens with one attached hydrogen (secondary N) is 1. The Morgan fingerprint density at radius 3 is 2.68 bits per heavy atom. The van der Waals surface area contributed by atoms with Crippen LogP contribution in [0.5, 0.6) is 0 Å². The Morgan fingerprint density at radius 2 is 2.04 bits per heavy atom. The summed E-state index contributed by atoms with van der Waals surface area (Å²) in [4.78, 5) is 36.3. The molecule has 28 heavy (non-hydrogen) atoms. The molecule has 1 aromatic carbocycles. The van der Waals surface area contributed by atoms with Gasteiger partial charge < -0.3 is 10.1 Å². The van der Waals surface area contributed by atoms with Crippen molar-refractivity contribution < 1.29 is 19.1 Å². The van der Waals surface area contributed by atoms with E-state index in [1.54, 1.807) is 35.9 Å². The molecule has 150 valence electrons. The van der Waals surface area contributed by atoms with Crippen molar-refractivity contribution in [2.45, 2.75) is 53.2 Å². The zero-order valence-electron chi connectivity index (χ0n) is 16.4. The lowest BCUT2D eigenvalue weighted by Crippen LogP contribution is -2.30. The molecule has 0 saturated heterocycles. The van der Waals surface area contributed by atoms with E-state index in [-0.39, 0.29) is 16.5 Å². The number of aromatic nitrogens is 2. The molecule has 0 radical (unpaired) electrons. The number of ether oxygens (including phenoxy) is 1. The van der Waals surface area contributed by atoms with Gasteiger partial charge in [0.15, 0.2) is 11.9 Å². The Morgan fingerprint density at radius 1 is 1.32 bits per heavy atom. The van der Waals surface area contributed by atoms with E-state index in [0.29, 0.717) is 23.5 Å². The predicted octanol–water partition coefficient (Wildman–Crippen LogP) is 4.03. The number of benzene rings is 1. The number of carbonyl (C=O) groups is 3. The van der Waals surface area contributed by atoms with Gasteiger partial charge in [0.05, 0.1) is 5.69 Å². The van der Waals surface area contributed by atoms with Gasteiger partial charge in [0.1, 0.15) is 10.7 Å². The van der Waals surface area contributed by atoms with Crippen LogP contribution in [-0.2, 0) is 16.1 Å². The number of Topliss-reactive ketones (excluding diaryl/α,β-unsaturated/α-hetero) is 1. The van der Waals surface area contributed by atoms with E-state index in [1.807, 2.05) is 6.92 Å². The minimum absolute atomic E-state index is 0.110. The van der Waals surface area contributed by atoms with Gasteiger partial charge in [0, 0.05) is 17.8 Å². The summed E-state index contributed by atoms with van der Waals surface area (Å²) in [5, 5.41) is 7.11. The molecule has 1 N–H and O–H groups in total. The first kappa shape index (κ1) is 21.6. The minimum Gasteiger partial charge on any atom is -0.449 e. The van der Waals surface area contributed by atoms with Gasteiger partial charge in [-0.1, -0.05) is 37.1 Å². The molecule has 0 saturated carbocycles. The Balaban J connectivity index is 2.06. The third-order valence-corrected chi connectivity index (χ3v) is 4.57. The van der Waals surface area contributed by atoms with Crippen molar-refractivity contribution in [3.63, 3.8) is 0 Å². The van der Waals surface area contributed by atoms with Crippen molar-refractivity contribution in [1.82, 2.24) is 9.78 Å². The van der Waals surface area contributed by atoms with Gasteiger partial charge >= 0.3 is 5.97 Å². The number of ketones is 1. The number of amides is 1. The van der Waals surface area contributed by atoms with Crippen molar-refractivity contribution >= 4 is 34.9 Å². The standard InChI is InChI=1S/C20H24ClN3O4/c1-5-6-10-24-18(21)17(12(2)23-24)20(27)28-14(4)19(26)22-16-9-7-8-15(11-16)13(3)25/h7-9,11,14H,5-6,10H2,1-4H3,(H,22,26)/t14-/m1/s1. The van der Waals surface area contributed by atoms with Crippen molar-refractivity contribution in [3.05, 3.63) is 46.2 Å². The molecule has 0 aliphatic carbocycles. The van der Waals surface area contributed by atoms with Gasteiger partial charge in [0.25, 0.3) is 5.91 Å². The lowest BCUT2D eigenvalue weighted by Gasteiger charge is -2.14. The van der Waals surface area contributed by atoms with Gasteiger partial charge in [-0.05, 0) is 39.3 Å². The Labute approximate surface area is 169 Å². The molecule has 0 fully saturated rings. The van der Waals surface area contributed by atoms with Gasteiger partial charge in [-0.3, -0.25) is 14.3 Å². The number of nitrogens with zero attached hydrogens (tertiary/aromatic N) is 2. The normalized spacial score (nSPS) is 11.8. The third kappa shape index (κ3) is 5.19. The minimum atomic E-state index is -1.05. The lowest BCUT2D eigenvalue weighted by atomic mass is 10.1. The first-order valence-corrected chi connectivity index (χ1v) is 9.48. The number of rotatable bonds is 8. The molecule has 0 spiro atoms. The van der Waals surface area contributed by atoms with Gasteiger partial charge in [-0.2, -0.15) is 5.10 Å². The average Bonchev–Trinajstić information content (AvgIpc) is 2.93. The van der Waals surface area contributed by atoms with Gasteiger partial charge in [-0.15, -0.1) is 0 Å². The van der Waals surface area contributed by atoms with E-state index >= 15 is 0 Å². The monoisotopic (exact) mass is 405 g/mol. The van der Waals surface area contributed by atoms with E-state index in [4.69, 9.17) is 16.3 Å². The molecule has 0 aliphatic rings. The zero-order valence-corrected chi connectivity index (χ0v) is 17.2. The highest BCUT2D eigenvalue weighted by Crippen LogP contribution is 2.22. The zero-order chi connectivity index (χ0) is 20.8. The number of unbranched alkanes of at least 4 members (excludes halogenated alkanes) is 1. The highest BCUT2D eigenvalue weighted by Gasteiger charge is 2.25. The largest absolute Gasteiger partial charge is 0.449 e.